The number of allylic oxidation sites excluding steroid dienone is 5. The molecule has 0 amide bonds. The molecule has 45 heavy (non-hydrogen) atoms. The van der Waals surface area contributed by atoms with Crippen LogP contribution in [0.25, 0.3) is 59.8 Å². The van der Waals surface area contributed by atoms with Gasteiger partial charge in [-0.25, -0.2) is 0 Å². The molecule has 1 heteroatoms. The molecule has 1 heterocycles. The summed E-state index contributed by atoms with van der Waals surface area (Å²) in [6, 6.07) is 51.7. The van der Waals surface area contributed by atoms with E-state index in [1.165, 1.54) is 82.1 Å². The topological polar surface area (TPSA) is 4.93 Å². The summed E-state index contributed by atoms with van der Waals surface area (Å²) in [6.45, 7) is 0. The lowest BCUT2D eigenvalue weighted by Crippen LogP contribution is -2.24. The van der Waals surface area contributed by atoms with Crippen molar-refractivity contribution in [2.45, 2.75) is 5.92 Å². The number of fused-ring (bicyclic) bond motifs is 12. The van der Waals surface area contributed by atoms with Gasteiger partial charge in [0.1, 0.15) is 0 Å². The minimum atomic E-state index is 0.228. The van der Waals surface area contributed by atoms with E-state index in [0.717, 1.165) is 0 Å². The van der Waals surface area contributed by atoms with E-state index in [-0.39, 0.29) is 11.8 Å². The van der Waals surface area contributed by atoms with E-state index < -0.39 is 0 Å². The van der Waals surface area contributed by atoms with E-state index in [9.17, 15) is 0 Å². The Hall–Kier alpha value is -5.66. The van der Waals surface area contributed by atoms with Crippen molar-refractivity contribution in [3.8, 4) is 0 Å². The van der Waals surface area contributed by atoms with Gasteiger partial charge in [-0.1, -0.05) is 158 Å². The Morgan fingerprint density at radius 3 is 2.09 bits per heavy atom. The predicted molar refractivity (Wildman–Crippen MR) is 191 cm³/mol. The minimum Gasteiger partial charge on any atom is -0.308 e. The highest BCUT2D eigenvalue weighted by Crippen LogP contribution is 2.52. The van der Waals surface area contributed by atoms with Crippen molar-refractivity contribution in [2.75, 3.05) is 0 Å². The lowest BCUT2D eigenvalue weighted by molar-refractivity contribution is 0.644. The van der Waals surface area contributed by atoms with Gasteiger partial charge in [0.2, 0.25) is 0 Å². The van der Waals surface area contributed by atoms with Crippen LogP contribution in [0.3, 0.4) is 0 Å². The summed E-state index contributed by atoms with van der Waals surface area (Å²) in [4.78, 5) is 0. The van der Waals surface area contributed by atoms with E-state index in [0.29, 0.717) is 0 Å². The Morgan fingerprint density at radius 1 is 0.489 bits per heavy atom. The lowest BCUT2D eigenvalue weighted by atomic mass is 9.69. The molecular formula is C44H29N. The fourth-order valence-corrected chi connectivity index (χ4v) is 8.39. The number of aromatic nitrogens is 1. The zero-order valence-electron chi connectivity index (χ0n) is 24.7. The third kappa shape index (κ3) is 3.38. The van der Waals surface area contributed by atoms with Crippen LogP contribution < -0.4 is 0 Å². The van der Waals surface area contributed by atoms with E-state index in [1.807, 2.05) is 0 Å². The maximum atomic E-state index is 2.61. The van der Waals surface area contributed by atoms with E-state index in [1.54, 1.807) is 0 Å². The first-order chi connectivity index (χ1) is 22.4. The lowest BCUT2D eigenvalue weighted by Gasteiger charge is -2.37. The van der Waals surface area contributed by atoms with Crippen LogP contribution in [0.5, 0.6) is 0 Å². The third-order valence-electron chi connectivity index (χ3n) is 10.2. The predicted octanol–water partition coefficient (Wildman–Crippen LogP) is 11.4. The Bertz CT molecular complexity index is 2590. The van der Waals surface area contributed by atoms with Crippen LogP contribution in [-0.4, -0.2) is 4.57 Å². The van der Waals surface area contributed by atoms with Gasteiger partial charge in [0, 0.05) is 38.9 Å². The molecular weight excluding hydrogens is 542 g/mol. The summed E-state index contributed by atoms with van der Waals surface area (Å²) in [7, 11) is 0. The maximum Gasteiger partial charge on any atom is 0.0626 e. The fourth-order valence-electron chi connectivity index (χ4n) is 8.39. The number of nitrogens with zero attached hydrogens (tertiary/aromatic N) is 1. The van der Waals surface area contributed by atoms with Crippen molar-refractivity contribution in [2.24, 2.45) is 5.92 Å². The van der Waals surface area contributed by atoms with Crippen molar-refractivity contribution in [1.29, 1.82) is 0 Å². The molecule has 0 fully saturated rings. The third-order valence-corrected chi connectivity index (χ3v) is 10.2. The van der Waals surface area contributed by atoms with Crippen LogP contribution in [0.1, 0.15) is 22.6 Å². The largest absolute Gasteiger partial charge is 0.308 e. The molecule has 1 aromatic heterocycles. The summed E-state index contributed by atoms with van der Waals surface area (Å²) in [5, 5.41) is 10.4. The molecule has 0 saturated heterocycles. The molecule has 0 spiro atoms. The van der Waals surface area contributed by atoms with Gasteiger partial charge in [0.15, 0.2) is 0 Å². The summed E-state index contributed by atoms with van der Waals surface area (Å²) in [5.74, 6) is 0.475. The van der Waals surface area contributed by atoms with Crippen molar-refractivity contribution in [3.05, 3.63) is 186 Å². The van der Waals surface area contributed by atoms with Crippen LogP contribution in [-0.2, 0) is 0 Å². The standard InChI is InChI=1S/C44H29N/c1-2-15-29(16-3-1)40-32-19-7-10-22-36(32)43(37-23-11-8-20-33(37)40)45-39-25-13-12-24-38(39)42-41-30-17-5-4-14-28(30)26-27-34(41)31-18-6-9-21-35(31)44(42)45/h1-27,32,40H. The first kappa shape index (κ1) is 24.7. The first-order valence-corrected chi connectivity index (χ1v) is 15.9. The second-order valence-electron chi connectivity index (χ2n) is 12.4. The molecule has 0 saturated carbocycles. The Morgan fingerprint density at radius 2 is 1.20 bits per heavy atom. The Balaban J connectivity index is 1.44. The van der Waals surface area contributed by atoms with Crippen LogP contribution in [0.4, 0.5) is 0 Å². The normalized spacial score (nSPS) is 17.5. The highest BCUT2D eigenvalue weighted by molar-refractivity contribution is 6.37. The molecule has 8 aromatic rings. The van der Waals surface area contributed by atoms with Gasteiger partial charge in [0.25, 0.3) is 0 Å². The fraction of sp³-hybridized carbons (Fsp3) is 0.0455. The first-order valence-electron chi connectivity index (χ1n) is 15.9. The van der Waals surface area contributed by atoms with Gasteiger partial charge in [-0.3, -0.25) is 0 Å². The molecule has 2 aliphatic carbocycles. The second-order valence-corrected chi connectivity index (χ2v) is 12.4. The average Bonchev–Trinajstić information content (AvgIpc) is 3.45. The van der Waals surface area contributed by atoms with E-state index >= 15 is 0 Å². The van der Waals surface area contributed by atoms with Gasteiger partial charge in [-0.15, -0.1) is 0 Å². The summed E-state index contributed by atoms with van der Waals surface area (Å²) >= 11 is 0. The monoisotopic (exact) mass is 571 g/mol. The number of rotatable bonds is 2. The number of hydrogen-bond donors (Lipinski definition) is 0. The average molecular weight is 572 g/mol. The molecule has 0 bridgehead atoms. The van der Waals surface area contributed by atoms with Gasteiger partial charge < -0.3 is 4.57 Å². The molecule has 7 aromatic carbocycles. The SMILES string of the molecule is C1=CC2=C(n3c4ccccc4c4c5c6ccccc6ccc5c5ccccc5c43)c3ccccc3C(c3ccccc3)C2C=C1. The Labute approximate surface area is 261 Å². The van der Waals surface area contributed by atoms with Crippen molar-refractivity contribution in [3.63, 3.8) is 0 Å². The highest BCUT2D eigenvalue weighted by Gasteiger charge is 2.36. The number of benzene rings is 7. The number of hydrogen-bond acceptors (Lipinski definition) is 0. The number of para-hydroxylation sites is 1. The van der Waals surface area contributed by atoms with Gasteiger partial charge >= 0.3 is 0 Å². The molecule has 0 radical (unpaired) electrons. The van der Waals surface area contributed by atoms with Crippen molar-refractivity contribution < 1.29 is 0 Å². The molecule has 1 nitrogen and oxygen atoms in total. The summed E-state index contributed by atoms with van der Waals surface area (Å²) in [6.07, 6.45) is 9.23. The zero-order valence-corrected chi connectivity index (χ0v) is 24.7. The molecule has 210 valence electrons. The summed E-state index contributed by atoms with van der Waals surface area (Å²) in [5.41, 5.74) is 9.24. The molecule has 2 atom stereocenters. The highest BCUT2D eigenvalue weighted by atomic mass is 15.0. The summed E-state index contributed by atoms with van der Waals surface area (Å²) < 4.78 is 2.61. The smallest absolute Gasteiger partial charge is 0.0626 e. The molecule has 10 rings (SSSR count). The van der Waals surface area contributed by atoms with E-state index in [4.69, 9.17) is 0 Å². The van der Waals surface area contributed by atoms with Crippen LogP contribution >= 0.6 is 0 Å². The molecule has 2 aliphatic rings. The Kier molecular flexibility index (Phi) is 5.18. The van der Waals surface area contributed by atoms with E-state index in [2.05, 4.69) is 168 Å². The van der Waals surface area contributed by atoms with Gasteiger partial charge in [0.05, 0.1) is 16.7 Å². The quantitative estimate of drug-likeness (QED) is 0.182. The second kappa shape index (κ2) is 9.42. The van der Waals surface area contributed by atoms with Crippen LogP contribution in [0, 0.1) is 5.92 Å². The van der Waals surface area contributed by atoms with Gasteiger partial charge in [-0.2, -0.15) is 0 Å². The maximum absolute atomic E-state index is 2.61. The van der Waals surface area contributed by atoms with Gasteiger partial charge in [-0.05, 0) is 44.3 Å². The molecule has 2 unspecified atom stereocenters. The van der Waals surface area contributed by atoms with Crippen LogP contribution in [0.15, 0.2) is 169 Å². The minimum absolute atomic E-state index is 0.228. The van der Waals surface area contributed by atoms with Crippen molar-refractivity contribution >= 4 is 59.8 Å². The molecule has 0 N–H and O–H groups in total. The van der Waals surface area contributed by atoms with Crippen LogP contribution in [0.2, 0.25) is 0 Å². The molecule has 0 aliphatic heterocycles. The van der Waals surface area contributed by atoms with Crippen molar-refractivity contribution in [1.82, 2.24) is 4.57 Å². The zero-order chi connectivity index (χ0) is 29.5.